The second-order valence-corrected chi connectivity index (χ2v) is 7.52. The largest absolute Gasteiger partial charge is 0.337 e. The molecular weight excluding hydrogens is 318 g/mol. The lowest BCUT2D eigenvalue weighted by atomic mass is 9.94. The zero-order chi connectivity index (χ0) is 17.4. The summed E-state index contributed by atoms with van der Waals surface area (Å²) in [5.41, 5.74) is 3.09. The molecule has 2 saturated heterocycles. The molecule has 2 fully saturated rings. The summed E-state index contributed by atoms with van der Waals surface area (Å²) in [6.07, 6.45) is 6.23. The maximum Gasteiger partial charge on any atom is 0.317 e. The van der Waals surface area contributed by atoms with E-state index < -0.39 is 0 Å². The van der Waals surface area contributed by atoms with E-state index in [0.717, 1.165) is 76.2 Å². The number of amides is 3. The van der Waals surface area contributed by atoms with Gasteiger partial charge in [0.2, 0.25) is 0 Å². The van der Waals surface area contributed by atoms with Crippen LogP contribution >= 0.6 is 0 Å². The molecule has 4 rings (SSSR count). The monoisotopic (exact) mass is 345 g/mol. The van der Waals surface area contributed by atoms with Crippen molar-refractivity contribution in [3.63, 3.8) is 0 Å². The van der Waals surface area contributed by atoms with Crippen molar-refractivity contribution in [1.82, 2.24) is 24.9 Å². The number of fused-ring (bicyclic) bond motifs is 1. The van der Waals surface area contributed by atoms with Gasteiger partial charge >= 0.3 is 6.03 Å². The predicted octanol–water partition coefficient (Wildman–Crippen LogP) is 1.18. The molecule has 0 atom stereocenters. The molecule has 0 radical (unpaired) electrons. The van der Waals surface area contributed by atoms with Crippen molar-refractivity contribution in [3.8, 4) is 0 Å². The van der Waals surface area contributed by atoms with Gasteiger partial charge in [-0.15, -0.1) is 0 Å². The number of hydrogen-bond donors (Lipinski definition) is 1. The van der Waals surface area contributed by atoms with Crippen molar-refractivity contribution in [1.29, 1.82) is 0 Å². The molecule has 7 heteroatoms. The molecule has 25 heavy (non-hydrogen) atoms. The van der Waals surface area contributed by atoms with Gasteiger partial charge in [0.25, 0.3) is 5.91 Å². The number of aryl methyl sites for hydroxylation is 2. The van der Waals surface area contributed by atoms with Gasteiger partial charge in [-0.2, -0.15) is 5.10 Å². The van der Waals surface area contributed by atoms with Crippen molar-refractivity contribution >= 4 is 11.9 Å². The van der Waals surface area contributed by atoms with Crippen molar-refractivity contribution in [2.45, 2.75) is 38.5 Å². The molecule has 7 nitrogen and oxygen atoms in total. The minimum Gasteiger partial charge on any atom is -0.337 e. The molecule has 2 aliphatic heterocycles. The number of hydrogen-bond acceptors (Lipinski definition) is 3. The lowest BCUT2D eigenvalue weighted by molar-refractivity contribution is 0.0665. The van der Waals surface area contributed by atoms with Crippen LogP contribution in [0.4, 0.5) is 4.79 Å². The van der Waals surface area contributed by atoms with Gasteiger partial charge in [0.15, 0.2) is 0 Å². The zero-order valence-corrected chi connectivity index (χ0v) is 15.0. The summed E-state index contributed by atoms with van der Waals surface area (Å²) in [7, 11) is 1.89. The average molecular weight is 345 g/mol. The Bertz CT molecular complexity index is 675. The Hall–Kier alpha value is -2.05. The standard InChI is InChI=1S/C18H27N5O2/c1-21-16(14-4-2-3-5-15(14)20-21)17(24)22-9-6-13(7-10-22)12-23-11-8-19-18(23)25/h13H,2-12H2,1H3,(H,19,25). The van der Waals surface area contributed by atoms with Gasteiger partial charge in [0.1, 0.15) is 5.69 Å². The highest BCUT2D eigenvalue weighted by Crippen LogP contribution is 2.26. The van der Waals surface area contributed by atoms with Crippen molar-refractivity contribution in [2.24, 2.45) is 13.0 Å². The van der Waals surface area contributed by atoms with Crippen molar-refractivity contribution in [3.05, 3.63) is 17.0 Å². The first-order valence-corrected chi connectivity index (χ1v) is 9.50. The van der Waals surface area contributed by atoms with E-state index in [1.807, 2.05) is 16.8 Å². The van der Waals surface area contributed by atoms with Crippen LogP contribution in [0.3, 0.4) is 0 Å². The number of carbonyl (C=O) groups is 2. The van der Waals surface area contributed by atoms with E-state index in [9.17, 15) is 9.59 Å². The molecule has 1 aromatic heterocycles. The van der Waals surface area contributed by atoms with Gasteiger partial charge in [-0.25, -0.2) is 4.79 Å². The third-order valence-electron chi connectivity index (χ3n) is 5.85. The fourth-order valence-electron chi connectivity index (χ4n) is 4.41. The summed E-state index contributed by atoms with van der Waals surface area (Å²) >= 11 is 0. The molecule has 3 amide bonds. The van der Waals surface area contributed by atoms with Crippen LogP contribution in [0.25, 0.3) is 0 Å². The minimum atomic E-state index is 0.0556. The molecular formula is C18H27N5O2. The van der Waals surface area contributed by atoms with Crippen LogP contribution in [0.15, 0.2) is 0 Å². The summed E-state index contributed by atoms with van der Waals surface area (Å²) in [6.45, 7) is 3.92. The number of rotatable bonds is 3. The fraction of sp³-hybridized carbons (Fsp3) is 0.722. The van der Waals surface area contributed by atoms with E-state index in [2.05, 4.69) is 10.4 Å². The number of nitrogens with zero attached hydrogens (tertiary/aromatic N) is 4. The van der Waals surface area contributed by atoms with Crippen LogP contribution in [0.1, 0.15) is 47.4 Å². The third kappa shape index (κ3) is 3.12. The Morgan fingerprint density at radius 1 is 1.20 bits per heavy atom. The van der Waals surface area contributed by atoms with Gasteiger partial charge in [-0.3, -0.25) is 9.48 Å². The van der Waals surface area contributed by atoms with Crippen molar-refractivity contribution in [2.75, 3.05) is 32.7 Å². The summed E-state index contributed by atoms with van der Waals surface area (Å²) in [5.74, 6) is 0.629. The Balaban J connectivity index is 1.38. The lowest BCUT2D eigenvalue weighted by Crippen LogP contribution is -2.43. The first-order valence-electron chi connectivity index (χ1n) is 9.50. The third-order valence-corrected chi connectivity index (χ3v) is 5.85. The molecule has 0 spiro atoms. The number of aromatic nitrogens is 2. The topological polar surface area (TPSA) is 70.5 Å². The van der Waals surface area contributed by atoms with E-state index in [-0.39, 0.29) is 11.9 Å². The van der Waals surface area contributed by atoms with E-state index in [1.54, 1.807) is 4.68 Å². The van der Waals surface area contributed by atoms with E-state index in [4.69, 9.17) is 0 Å². The molecule has 136 valence electrons. The normalized spacial score (nSPS) is 21.4. The fourth-order valence-corrected chi connectivity index (χ4v) is 4.41. The lowest BCUT2D eigenvalue weighted by Gasteiger charge is -2.33. The highest BCUT2D eigenvalue weighted by atomic mass is 16.2. The summed E-state index contributed by atoms with van der Waals surface area (Å²) in [5, 5.41) is 7.43. The van der Waals surface area contributed by atoms with Crippen LogP contribution in [0.2, 0.25) is 0 Å². The zero-order valence-electron chi connectivity index (χ0n) is 15.0. The van der Waals surface area contributed by atoms with Gasteiger partial charge in [-0.05, 0) is 44.4 Å². The Kier molecular flexibility index (Phi) is 4.39. The van der Waals surface area contributed by atoms with Crippen LogP contribution < -0.4 is 5.32 Å². The second kappa shape index (κ2) is 6.69. The molecule has 0 aromatic carbocycles. The van der Waals surface area contributed by atoms with Gasteiger partial charge in [0, 0.05) is 45.3 Å². The predicted molar refractivity (Wildman–Crippen MR) is 93.4 cm³/mol. The van der Waals surface area contributed by atoms with Gasteiger partial charge in [-0.1, -0.05) is 0 Å². The van der Waals surface area contributed by atoms with Crippen LogP contribution in [-0.4, -0.2) is 64.2 Å². The quantitative estimate of drug-likeness (QED) is 0.894. The molecule has 1 N–H and O–H groups in total. The van der Waals surface area contributed by atoms with Gasteiger partial charge in [0.05, 0.1) is 5.69 Å². The van der Waals surface area contributed by atoms with E-state index in [1.165, 1.54) is 12.0 Å². The number of piperidine rings is 1. The molecule has 0 bridgehead atoms. The van der Waals surface area contributed by atoms with Gasteiger partial charge < -0.3 is 15.1 Å². The number of nitrogens with one attached hydrogen (secondary N) is 1. The number of likely N-dealkylation sites (tertiary alicyclic amines) is 1. The SMILES string of the molecule is Cn1nc2c(c1C(=O)N1CCC(CN3CCNC3=O)CC1)CCCC2. The Morgan fingerprint density at radius 3 is 2.68 bits per heavy atom. The Labute approximate surface area is 148 Å². The van der Waals surface area contributed by atoms with Crippen LogP contribution in [0, 0.1) is 5.92 Å². The van der Waals surface area contributed by atoms with Crippen LogP contribution in [0.5, 0.6) is 0 Å². The van der Waals surface area contributed by atoms with Crippen molar-refractivity contribution < 1.29 is 9.59 Å². The summed E-state index contributed by atoms with van der Waals surface area (Å²) < 4.78 is 1.79. The molecule has 1 aliphatic carbocycles. The Morgan fingerprint density at radius 2 is 1.96 bits per heavy atom. The summed E-state index contributed by atoms with van der Waals surface area (Å²) in [4.78, 5) is 28.6. The number of urea groups is 1. The highest BCUT2D eigenvalue weighted by Gasteiger charge is 2.31. The number of carbonyl (C=O) groups excluding carboxylic acids is 2. The maximum absolute atomic E-state index is 13.0. The minimum absolute atomic E-state index is 0.0556. The average Bonchev–Trinajstić information content (AvgIpc) is 3.17. The molecule has 3 aliphatic rings. The van der Waals surface area contributed by atoms with E-state index in [0.29, 0.717) is 5.92 Å². The van der Waals surface area contributed by atoms with Crippen LogP contribution in [-0.2, 0) is 19.9 Å². The molecule has 0 unspecified atom stereocenters. The molecule has 3 heterocycles. The summed E-state index contributed by atoms with van der Waals surface area (Å²) in [6, 6.07) is 0.0556. The second-order valence-electron chi connectivity index (χ2n) is 7.52. The molecule has 1 aromatic rings. The highest BCUT2D eigenvalue weighted by molar-refractivity contribution is 5.94. The maximum atomic E-state index is 13.0. The first-order chi connectivity index (χ1) is 12.1. The molecule has 0 saturated carbocycles. The first kappa shape index (κ1) is 16.4. The van der Waals surface area contributed by atoms with E-state index >= 15 is 0 Å². The smallest absolute Gasteiger partial charge is 0.317 e.